The highest BCUT2D eigenvalue weighted by molar-refractivity contribution is 5.90. The smallest absolute Gasteiger partial charge is 0.337 e. The minimum atomic E-state index is -0.373. The van der Waals surface area contributed by atoms with Crippen molar-refractivity contribution in [1.29, 1.82) is 0 Å². The molecule has 0 atom stereocenters. The predicted octanol–water partition coefficient (Wildman–Crippen LogP) is 4.02. The molecule has 1 aromatic heterocycles. The Labute approximate surface area is 153 Å². The third-order valence-corrected chi connectivity index (χ3v) is 4.54. The summed E-state index contributed by atoms with van der Waals surface area (Å²) < 4.78 is 12.6. The molecule has 0 amide bonds. The summed E-state index contributed by atoms with van der Waals surface area (Å²) in [4.78, 5) is 11.7. The van der Waals surface area contributed by atoms with E-state index in [0.29, 0.717) is 17.7 Å². The van der Waals surface area contributed by atoms with Crippen LogP contribution in [0.1, 0.15) is 34.8 Å². The Bertz CT molecular complexity index is 944. The first-order valence-electron chi connectivity index (χ1n) is 8.69. The third kappa shape index (κ3) is 3.38. The van der Waals surface area contributed by atoms with E-state index in [1.165, 1.54) is 18.2 Å². The maximum absolute atomic E-state index is 11.7. The fraction of sp³-hybridized carbons (Fsp3) is 0.286. The summed E-state index contributed by atoms with van der Waals surface area (Å²) in [5, 5.41) is 1.15. The van der Waals surface area contributed by atoms with Gasteiger partial charge in [0.2, 0.25) is 0 Å². The molecule has 0 radical (unpaired) electrons. The maximum atomic E-state index is 11.7. The number of nitrogen functional groups attached to an aromatic ring is 1. The first-order valence-corrected chi connectivity index (χ1v) is 8.69. The van der Waals surface area contributed by atoms with Crippen molar-refractivity contribution in [2.45, 2.75) is 26.3 Å². The van der Waals surface area contributed by atoms with Crippen molar-refractivity contribution in [2.75, 3.05) is 20.0 Å². The van der Waals surface area contributed by atoms with Gasteiger partial charge in [-0.3, -0.25) is 0 Å². The number of carbonyl (C=O) groups excluding carboxylic acids is 1. The van der Waals surface area contributed by atoms with E-state index in [2.05, 4.69) is 23.8 Å². The molecule has 0 aliphatic rings. The highest BCUT2D eigenvalue weighted by Crippen LogP contribution is 2.29. The molecule has 0 aliphatic heterocycles. The number of benzene rings is 2. The highest BCUT2D eigenvalue weighted by atomic mass is 16.5. The zero-order chi connectivity index (χ0) is 18.7. The van der Waals surface area contributed by atoms with Crippen LogP contribution in [0.5, 0.6) is 5.75 Å². The normalized spacial score (nSPS) is 10.9. The van der Waals surface area contributed by atoms with Gasteiger partial charge in [-0.1, -0.05) is 13.0 Å². The fourth-order valence-corrected chi connectivity index (χ4v) is 3.30. The number of nitrogens with two attached hydrogens (primary N) is 1. The molecule has 3 aromatic rings. The highest BCUT2D eigenvalue weighted by Gasteiger charge is 2.14. The quantitative estimate of drug-likeness (QED) is 0.537. The number of carbonyl (C=O) groups is 1. The second-order valence-corrected chi connectivity index (χ2v) is 6.32. The number of anilines is 1. The second kappa shape index (κ2) is 7.52. The lowest BCUT2D eigenvalue weighted by molar-refractivity contribution is 0.0600. The SMILES string of the molecule is CCCn1cc(Cc2ccc(C(=O)OC)cc2OC)c2cc(N)ccc21. The van der Waals surface area contributed by atoms with Crippen molar-refractivity contribution in [3.8, 4) is 5.75 Å². The van der Waals surface area contributed by atoms with Gasteiger partial charge in [0.25, 0.3) is 0 Å². The first kappa shape index (κ1) is 17.9. The fourth-order valence-electron chi connectivity index (χ4n) is 3.30. The third-order valence-electron chi connectivity index (χ3n) is 4.54. The zero-order valence-electron chi connectivity index (χ0n) is 15.4. The monoisotopic (exact) mass is 352 g/mol. The molecule has 2 aromatic carbocycles. The standard InChI is InChI=1S/C21H24N2O3/c1-4-9-23-13-16(18-12-17(22)7-8-19(18)23)10-14-5-6-15(21(24)26-3)11-20(14)25-2/h5-8,11-13H,4,9-10,22H2,1-3H3. The van der Waals surface area contributed by atoms with E-state index in [4.69, 9.17) is 15.2 Å². The lowest BCUT2D eigenvalue weighted by Crippen LogP contribution is -2.03. The number of hydrogen-bond acceptors (Lipinski definition) is 4. The minimum Gasteiger partial charge on any atom is -0.496 e. The first-order chi connectivity index (χ1) is 12.6. The average molecular weight is 352 g/mol. The summed E-state index contributed by atoms with van der Waals surface area (Å²) in [6.07, 6.45) is 3.94. The molecule has 0 bridgehead atoms. The maximum Gasteiger partial charge on any atom is 0.337 e. The van der Waals surface area contributed by atoms with Crippen LogP contribution >= 0.6 is 0 Å². The van der Waals surface area contributed by atoms with Gasteiger partial charge in [0.05, 0.1) is 19.8 Å². The molecule has 136 valence electrons. The van der Waals surface area contributed by atoms with Gasteiger partial charge in [0, 0.05) is 35.8 Å². The summed E-state index contributed by atoms with van der Waals surface area (Å²) in [5.74, 6) is 0.301. The van der Waals surface area contributed by atoms with E-state index in [1.807, 2.05) is 18.2 Å². The van der Waals surface area contributed by atoms with Crippen LogP contribution in [-0.2, 0) is 17.7 Å². The molecule has 5 nitrogen and oxygen atoms in total. The van der Waals surface area contributed by atoms with E-state index in [0.717, 1.165) is 29.6 Å². The topological polar surface area (TPSA) is 66.5 Å². The molecule has 0 spiro atoms. The van der Waals surface area contributed by atoms with Gasteiger partial charge in [0.15, 0.2) is 0 Å². The molecule has 5 heteroatoms. The Morgan fingerprint density at radius 2 is 1.92 bits per heavy atom. The van der Waals surface area contributed by atoms with Crippen LogP contribution in [0, 0.1) is 0 Å². The molecule has 2 N–H and O–H groups in total. The molecule has 1 heterocycles. The van der Waals surface area contributed by atoms with E-state index >= 15 is 0 Å². The van der Waals surface area contributed by atoms with Crippen LogP contribution in [-0.4, -0.2) is 24.8 Å². The van der Waals surface area contributed by atoms with Gasteiger partial charge in [0.1, 0.15) is 5.75 Å². The van der Waals surface area contributed by atoms with Crippen LogP contribution in [0.15, 0.2) is 42.6 Å². The average Bonchev–Trinajstić information content (AvgIpc) is 2.98. The Hall–Kier alpha value is -2.95. The number of rotatable bonds is 6. The number of ether oxygens (including phenoxy) is 2. The van der Waals surface area contributed by atoms with Gasteiger partial charge in [-0.2, -0.15) is 0 Å². The number of fused-ring (bicyclic) bond motifs is 1. The van der Waals surface area contributed by atoms with E-state index in [-0.39, 0.29) is 5.97 Å². The largest absolute Gasteiger partial charge is 0.496 e. The van der Waals surface area contributed by atoms with Crippen LogP contribution < -0.4 is 10.5 Å². The summed E-state index contributed by atoms with van der Waals surface area (Å²) in [7, 11) is 2.98. The molecular weight excluding hydrogens is 328 g/mol. The lowest BCUT2D eigenvalue weighted by atomic mass is 10.0. The van der Waals surface area contributed by atoms with E-state index in [9.17, 15) is 4.79 Å². The molecule has 26 heavy (non-hydrogen) atoms. The number of esters is 1. The minimum absolute atomic E-state index is 0.373. The molecule has 0 fully saturated rings. The summed E-state index contributed by atoms with van der Waals surface area (Å²) >= 11 is 0. The molecular formula is C21H24N2O3. The van der Waals surface area contributed by atoms with E-state index in [1.54, 1.807) is 19.2 Å². The lowest BCUT2D eigenvalue weighted by Gasteiger charge is -2.10. The summed E-state index contributed by atoms with van der Waals surface area (Å²) in [5.41, 5.74) is 10.6. The van der Waals surface area contributed by atoms with Crippen molar-refractivity contribution >= 4 is 22.6 Å². The Balaban J connectivity index is 2.03. The van der Waals surface area contributed by atoms with Crippen molar-refractivity contribution < 1.29 is 14.3 Å². The molecule has 0 aliphatic carbocycles. The van der Waals surface area contributed by atoms with Crippen LogP contribution in [0.3, 0.4) is 0 Å². The van der Waals surface area contributed by atoms with Crippen molar-refractivity contribution in [2.24, 2.45) is 0 Å². The Morgan fingerprint density at radius 1 is 1.12 bits per heavy atom. The summed E-state index contributed by atoms with van der Waals surface area (Å²) in [6, 6.07) is 11.4. The number of aryl methyl sites for hydroxylation is 1. The zero-order valence-corrected chi connectivity index (χ0v) is 15.4. The number of aromatic nitrogens is 1. The Morgan fingerprint density at radius 3 is 2.62 bits per heavy atom. The molecule has 3 rings (SSSR count). The van der Waals surface area contributed by atoms with E-state index < -0.39 is 0 Å². The number of methoxy groups -OCH3 is 2. The predicted molar refractivity (Wildman–Crippen MR) is 104 cm³/mol. The molecule has 0 saturated heterocycles. The Kier molecular flexibility index (Phi) is 5.16. The van der Waals surface area contributed by atoms with Gasteiger partial charge in [-0.05, 0) is 47.9 Å². The van der Waals surface area contributed by atoms with Crippen molar-refractivity contribution in [3.05, 3.63) is 59.3 Å². The summed E-state index contributed by atoms with van der Waals surface area (Å²) in [6.45, 7) is 3.12. The number of nitrogens with zero attached hydrogens (tertiary/aromatic N) is 1. The van der Waals surface area contributed by atoms with Crippen molar-refractivity contribution in [1.82, 2.24) is 4.57 Å². The van der Waals surface area contributed by atoms with Gasteiger partial charge in [-0.15, -0.1) is 0 Å². The van der Waals surface area contributed by atoms with Crippen LogP contribution in [0.4, 0.5) is 5.69 Å². The van der Waals surface area contributed by atoms with Gasteiger partial charge >= 0.3 is 5.97 Å². The molecule has 0 unspecified atom stereocenters. The van der Waals surface area contributed by atoms with Crippen LogP contribution in [0.25, 0.3) is 10.9 Å². The number of hydrogen-bond donors (Lipinski definition) is 1. The van der Waals surface area contributed by atoms with Gasteiger partial charge < -0.3 is 19.8 Å². The van der Waals surface area contributed by atoms with Gasteiger partial charge in [-0.25, -0.2) is 4.79 Å². The molecule has 0 saturated carbocycles. The van der Waals surface area contributed by atoms with Crippen molar-refractivity contribution in [3.63, 3.8) is 0 Å². The van der Waals surface area contributed by atoms with Crippen LogP contribution in [0.2, 0.25) is 0 Å². The second-order valence-electron chi connectivity index (χ2n) is 6.32.